The van der Waals surface area contributed by atoms with Crippen LogP contribution in [0.4, 0.5) is 0 Å². The fourth-order valence-electron chi connectivity index (χ4n) is 3.84. The summed E-state index contributed by atoms with van der Waals surface area (Å²) in [5.41, 5.74) is 0.415. The van der Waals surface area contributed by atoms with E-state index in [0.29, 0.717) is 12.1 Å². The van der Waals surface area contributed by atoms with E-state index in [4.69, 9.17) is 4.74 Å². The van der Waals surface area contributed by atoms with Crippen LogP contribution in [0.2, 0.25) is 0 Å². The van der Waals surface area contributed by atoms with Gasteiger partial charge in [0.05, 0.1) is 4.90 Å². The van der Waals surface area contributed by atoms with Gasteiger partial charge in [-0.3, -0.25) is 14.5 Å². The fourth-order valence-corrected chi connectivity index (χ4v) is 5.08. The molecule has 29 heavy (non-hydrogen) atoms. The highest BCUT2D eigenvalue weighted by Crippen LogP contribution is 2.23. The zero-order valence-corrected chi connectivity index (χ0v) is 17.6. The number of likely N-dealkylation sites (N-methyl/N-ethyl adjacent to an activating group) is 1. The summed E-state index contributed by atoms with van der Waals surface area (Å²) in [7, 11) is -3.67. The second kappa shape index (κ2) is 8.94. The lowest BCUT2D eigenvalue weighted by atomic mass is 9.94. The Bertz CT molecular complexity index is 906. The Balaban J connectivity index is 1.61. The van der Waals surface area contributed by atoms with Crippen LogP contribution in [0.1, 0.15) is 51.5 Å². The largest absolute Gasteiger partial charge is 0.454 e. The lowest BCUT2D eigenvalue weighted by Gasteiger charge is -2.33. The number of esters is 1. The Morgan fingerprint density at radius 1 is 1.24 bits per heavy atom. The van der Waals surface area contributed by atoms with Crippen molar-refractivity contribution in [2.45, 2.75) is 62.9 Å². The zero-order valence-electron chi connectivity index (χ0n) is 16.8. The van der Waals surface area contributed by atoms with E-state index in [1.54, 1.807) is 23.1 Å². The topological polar surface area (TPSA) is 105 Å². The van der Waals surface area contributed by atoms with Crippen LogP contribution >= 0.6 is 0 Å². The summed E-state index contributed by atoms with van der Waals surface area (Å²) >= 11 is 0. The van der Waals surface area contributed by atoms with E-state index in [9.17, 15) is 18.0 Å². The van der Waals surface area contributed by atoms with Gasteiger partial charge < -0.3 is 9.64 Å². The van der Waals surface area contributed by atoms with Crippen molar-refractivity contribution in [2.75, 3.05) is 13.2 Å². The SMILES string of the molecule is CCN(C(=O)COC(=O)[C@H](C)N=C1NS(=O)(=O)c2ccccc21)C1CCCCC1. The number of nitrogens with zero attached hydrogens (tertiary/aromatic N) is 2. The molecule has 1 N–H and O–H groups in total. The smallest absolute Gasteiger partial charge is 0.331 e. The molecule has 1 amide bonds. The van der Waals surface area contributed by atoms with Crippen LogP contribution in [0.25, 0.3) is 0 Å². The summed E-state index contributed by atoms with van der Waals surface area (Å²) in [4.78, 5) is 30.9. The second-order valence-electron chi connectivity index (χ2n) is 7.33. The summed E-state index contributed by atoms with van der Waals surface area (Å²) in [5, 5.41) is 0. The number of ether oxygens (including phenoxy) is 1. The van der Waals surface area contributed by atoms with Crippen molar-refractivity contribution in [3.8, 4) is 0 Å². The molecule has 0 aromatic heterocycles. The minimum absolute atomic E-state index is 0.105. The maximum Gasteiger partial charge on any atom is 0.331 e. The van der Waals surface area contributed by atoms with Crippen LogP contribution in [-0.2, 0) is 24.3 Å². The number of fused-ring (bicyclic) bond motifs is 1. The van der Waals surface area contributed by atoms with E-state index in [-0.39, 0.29) is 29.3 Å². The van der Waals surface area contributed by atoms with Gasteiger partial charge in [-0.15, -0.1) is 0 Å². The Hall–Kier alpha value is -2.42. The Kier molecular flexibility index (Phi) is 6.56. The van der Waals surface area contributed by atoms with E-state index < -0.39 is 22.0 Å². The van der Waals surface area contributed by atoms with Crippen molar-refractivity contribution in [3.63, 3.8) is 0 Å². The third kappa shape index (κ3) is 4.77. The third-order valence-electron chi connectivity index (χ3n) is 5.34. The van der Waals surface area contributed by atoms with E-state index in [0.717, 1.165) is 25.7 Å². The van der Waals surface area contributed by atoms with Crippen molar-refractivity contribution in [2.24, 2.45) is 4.99 Å². The van der Waals surface area contributed by atoms with Crippen LogP contribution in [0.5, 0.6) is 0 Å². The molecule has 1 aliphatic heterocycles. The molecule has 1 fully saturated rings. The molecule has 0 unspecified atom stereocenters. The summed E-state index contributed by atoms with van der Waals surface area (Å²) < 4.78 is 31.8. The van der Waals surface area contributed by atoms with Crippen LogP contribution in [0.15, 0.2) is 34.2 Å². The number of carbonyl (C=O) groups excluding carboxylic acids is 2. The van der Waals surface area contributed by atoms with Crippen molar-refractivity contribution in [1.29, 1.82) is 0 Å². The number of hydrogen-bond acceptors (Lipinski definition) is 6. The number of sulfonamides is 1. The third-order valence-corrected chi connectivity index (χ3v) is 6.74. The first-order chi connectivity index (χ1) is 13.8. The predicted molar refractivity (Wildman–Crippen MR) is 108 cm³/mol. The molecule has 0 spiro atoms. The van der Waals surface area contributed by atoms with E-state index >= 15 is 0 Å². The molecule has 9 heteroatoms. The Morgan fingerprint density at radius 3 is 2.62 bits per heavy atom. The number of nitrogens with one attached hydrogen (secondary N) is 1. The molecule has 1 saturated carbocycles. The van der Waals surface area contributed by atoms with Crippen molar-refractivity contribution >= 4 is 27.7 Å². The minimum atomic E-state index is -3.67. The highest BCUT2D eigenvalue weighted by atomic mass is 32.2. The van der Waals surface area contributed by atoms with E-state index in [1.165, 1.54) is 19.4 Å². The number of rotatable bonds is 6. The van der Waals surface area contributed by atoms with Crippen LogP contribution < -0.4 is 4.72 Å². The van der Waals surface area contributed by atoms with Crippen molar-refractivity contribution < 1.29 is 22.7 Å². The van der Waals surface area contributed by atoms with Gasteiger partial charge in [0.1, 0.15) is 11.9 Å². The summed E-state index contributed by atoms with van der Waals surface area (Å²) in [6, 6.07) is 5.68. The normalized spacial score (nSPS) is 20.6. The van der Waals surface area contributed by atoms with E-state index in [2.05, 4.69) is 9.71 Å². The molecule has 0 bridgehead atoms. The quantitative estimate of drug-likeness (QED) is 0.706. The first kappa shape index (κ1) is 21.3. The lowest BCUT2D eigenvalue weighted by Crippen LogP contribution is -2.43. The monoisotopic (exact) mass is 421 g/mol. The average molecular weight is 422 g/mol. The molecular weight excluding hydrogens is 394 g/mol. The lowest BCUT2D eigenvalue weighted by molar-refractivity contribution is -0.153. The number of amidine groups is 1. The highest BCUT2D eigenvalue weighted by molar-refractivity contribution is 7.90. The standard InChI is InChI=1S/C20H27N3O5S/c1-3-23(15-9-5-4-6-10-15)18(24)13-28-20(25)14(2)21-19-16-11-7-8-12-17(16)29(26,27)22-19/h7-8,11-12,14-15H,3-6,9-10,13H2,1-2H3,(H,21,22)/t14-/m0/s1. The van der Waals surface area contributed by atoms with Gasteiger partial charge in [-0.1, -0.05) is 31.4 Å². The van der Waals surface area contributed by atoms with Gasteiger partial charge in [-0.05, 0) is 38.8 Å². The maximum absolute atomic E-state index is 12.5. The number of carbonyl (C=O) groups is 2. The number of aliphatic imine (C=N–C) groups is 1. The van der Waals surface area contributed by atoms with Gasteiger partial charge in [0.25, 0.3) is 15.9 Å². The van der Waals surface area contributed by atoms with Crippen LogP contribution in [0, 0.1) is 0 Å². The summed E-state index contributed by atoms with van der Waals surface area (Å²) in [5.74, 6) is -0.776. The zero-order chi connectivity index (χ0) is 21.0. The fraction of sp³-hybridized carbons (Fsp3) is 0.550. The summed E-state index contributed by atoms with van der Waals surface area (Å²) in [6.07, 6.45) is 5.39. The molecule has 158 valence electrons. The molecule has 1 aromatic rings. The maximum atomic E-state index is 12.5. The number of benzene rings is 1. The first-order valence-electron chi connectivity index (χ1n) is 9.99. The van der Waals surface area contributed by atoms with Gasteiger partial charge in [0.15, 0.2) is 6.61 Å². The molecule has 2 aliphatic rings. The molecule has 0 radical (unpaired) electrons. The molecule has 1 heterocycles. The van der Waals surface area contributed by atoms with Crippen molar-refractivity contribution in [3.05, 3.63) is 29.8 Å². The molecular formula is C20H27N3O5S. The molecule has 3 rings (SSSR count). The molecule has 1 aliphatic carbocycles. The minimum Gasteiger partial charge on any atom is -0.454 e. The molecule has 1 atom stereocenters. The van der Waals surface area contributed by atoms with E-state index in [1.807, 2.05) is 6.92 Å². The predicted octanol–water partition coefficient (Wildman–Crippen LogP) is 1.84. The highest BCUT2D eigenvalue weighted by Gasteiger charge is 2.31. The first-order valence-corrected chi connectivity index (χ1v) is 11.5. The van der Waals surface area contributed by atoms with Gasteiger partial charge in [-0.2, -0.15) is 0 Å². The Labute approximate surface area is 171 Å². The van der Waals surface area contributed by atoms with Gasteiger partial charge in [0, 0.05) is 18.2 Å². The van der Waals surface area contributed by atoms with Crippen LogP contribution in [0.3, 0.4) is 0 Å². The second-order valence-corrected chi connectivity index (χ2v) is 8.99. The molecule has 1 aromatic carbocycles. The van der Waals surface area contributed by atoms with Crippen LogP contribution in [-0.4, -0.2) is 56.3 Å². The summed E-state index contributed by atoms with van der Waals surface area (Å²) in [6.45, 7) is 3.68. The van der Waals surface area contributed by atoms with Crippen molar-refractivity contribution in [1.82, 2.24) is 9.62 Å². The molecule has 8 nitrogen and oxygen atoms in total. The van der Waals surface area contributed by atoms with Gasteiger partial charge >= 0.3 is 5.97 Å². The number of hydrogen-bond donors (Lipinski definition) is 1. The number of amides is 1. The van der Waals surface area contributed by atoms with Gasteiger partial charge in [-0.25, -0.2) is 13.2 Å². The van der Waals surface area contributed by atoms with Gasteiger partial charge in [0.2, 0.25) is 0 Å². The Morgan fingerprint density at radius 2 is 1.93 bits per heavy atom. The average Bonchev–Trinajstić information content (AvgIpc) is 2.97. The molecule has 0 saturated heterocycles.